The molecule has 1 atom stereocenters. The van der Waals surface area contributed by atoms with Crippen molar-refractivity contribution in [3.63, 3.8) is 0 Å². The van der Waals surface area contributed by atoms with Gasteiger partial charge in [0.25, 0.3) is 5.91 Å². The average Bonchev–Trinajstić information content (AvgIpc) is 2.76. The molecule has 0 radical (unpaired) electrons. The van der Waals surface area contributed by atoms with Gasteiger partial charge in [-0.25, -0.2) is 12.8 Å². The molecule has 1 heterocycles. The van der Waals surface area contributed by atoms with Gasteiger partial charge in [0.2, 0.25) is 0 Å². The Labute approximate surface area is 127 Å². The number of carbonyl (C=O) groups excluding carboxylic acids is 2. The molecule has 1 aromatic rings. The van der Waals surface area contributed by atoms with Crippen LogP contribution in [0.15, 0.2) is 18.2 Å². The third-order valence-electron chi connectivity index (χ3n) is 3.28. The molecule has 0 aromatic heterocycles. The van der Waals surface area contributed by atoms with Gasteiger partial charge >= 0.3 is 0 Å². The lowest BCUT2D eigenvalue weighted by molar-refractivity contribution is -0.123. The number of benzene rings is 1. The largest absolute Gasteiger partial charge is 0.483 e. The summed E-state index contributed by atoms with van der Waals surface area (Å²) in [5.74, 6) is -1.34. The lowest BCUT2D eigenvalue weighted by atomic mass is 10.1. The number of hydrogen-bond acceptors (Lipinski definition) is 5. The summed E-state index contributed by atoms with van der Waals surface area (Å²) in [5, 5.41) is 2.56. The first-order valence-corrected chi connectivity index (χ1v) is 8.52. The quantitative estimate of drug-likeness (QED) is 0.804. The van der Waals surface area contributed by atoms with Crippen LogP contribution in [0, 0.1) is 5.82 Å². The van der Waals surface area contributed by atoms with Crippen LogP contribution in [0.3, 0.4) is 0 Å². The van der Waals surface area contributed by atoms with Crippen molar-refractivity contribution in [1.82, 2.24) is 5.32 Å². The van der Waals surface area contributed by atoms with Gasteiger partial charge in [-0.1, -0.05) is 0 Å². The molecule has 22 heavy (non-hydrogen) atoms. The highest BCUT2D eigenvalue weighted by Gasteiger charge is 2.28. The van der Waals surface area contributed by atoms with E-state index in [1.807, 2.05) is 0 Å². The lowest BCUT2D eigenvalue weighted by Gasteiger charge is -2.13. The third kappa shape index (κ3) is 4.27. The predicted molar refractivity (Wildman–Crippen MR) is 77.1 cm³/mol. The van der Waals surface area contributed by atoms with Gasteiger partial charge in [-0.05, 0) is 31.5 Å². The molecule has 0 spiro atoms. The number of carbonyl (C=O) groups is 2. The minimum atomic E-state index is -3.07. The molecule has 0 bridgehead atoms. The van der Waals surface area contributed by atoms with Gasteiger partial charge in [0.05, 0.1) is 17.1 Å². The minimum Gasteiger partial charge on any atom is -0.483 e. The minimum absolute atomic E-state index is 0.0521. The first kappa shape index (κ1) is 16.4. The van der Waals surface area contributed by atoms with Crippen molar-refractivity contribution in [2.45, 2.75) is 19.4 Å². The molecule has 120 valence electrons. The Morgan fingerprint density at radius 1 is 1.41 bits per heavy atom. The second-order valence-corrected chi connectivity index (χ2v) is 7.38. The van der Waals surface area contributed by atoms with Crippen molar-refractivity contribution >= 4 is 21.5 Å². The van der Waals surface area contributed by atoms with Gasteiger partial charge in [0, 0.05) is 6.04 Å². The zero-order valence-corrected chi connectivity index (χ0v) is 12.8. The van der Waals surface area contributed by atoms with Gasteiger partial charge in [-0.3, -0.25) is 9.59 Å². The van der Waals surface area contributed by atoms with Crippen LogP contribution in [0.25, 0.3) is 0 Å². The van der Waals surface area contributed by atoms with Crippen LogP contribution in [0.4, 0.5) is 4.39 Å². The molecule has 1 aromatic carbocycles. The number of nitrogens with one attached hydrogen (secondary N) is 1. The van der Waals surface area contributed by atoms with Gasteiger partial charge in [0.15, 0.2) is 22.2 Å². The number of amides is 1. The van der Waals surface area contributed by atoms with Crippen molar-refractivity contribution < 1.29 is 27.1 Å². The van der Waals surface area contributed by atoms with E-state index >= 15 is 0 Å². The number of sulfone groups is 1. The molecule has 6 nitrogen and oxygen atoms in total. The molecule has 0 aliphatic carbocycles. The SMILES string of the molecule is CC(=O)c1cc(F)ccc1OCC(=O)N[C@H]1CCS(=O)(=O)C1. The van der Waals surface area contributed by atoms with Crippen LogP contribution in [0.1, 0.15) is 23.7 Å². The first-order valence-electron chi connectivity index (χ1n) is 6.70. The predicted octanol–water partition coefficient (Wildman–Crippen LogP) is 0.710. The molecule has 1 fully saturated rings. The van der Waals surface area contributed by atoms with Crippen molar-refractivity contribution in [1.29, 1.82) is 0 Å². The summed E-state index contributed by atoms with van der Waals surface area (Å²) < 4.78 is 40.9. The fourth-order valence-corrected chi connectivity index (χ4v) is 3.90. The van der Waals surface area contributed by atoms with Gasteiger partial charge < -0.3 is 10.1 Å². The van der Waals surface area contributed by atoms with Gasteiger partial charge in [-0.2, -0.15) is 0 Å². The third-order valence-corrected chi connectivity index (χ3v) is 5.05. The Hall–Kier alpha value is -1.96. The monoisotopic (exact) mass is 329 g/mol. The number of ether oxygens (including phenoxy) is 1. The smallest absolute Gasteiger partial charge is 0.258 e. The summed E-state index contributed by atoms with van der Waals surface area (Å²) in [7, 11) is -3.07. The molecule has 1 saturated heterocycles. The summed E-state index contributed by atoms with van der Waals surface area (Å²) in [4.78, 5) is 23.1. The molecule has 0 saturated carbocycles. The van der Waals surface area contributed by atoms with E-state index in [9.17, 15) is 22.4 Å². The molecule has 1 aliphatic heterocycles. The molecule has 8 heteroatoms. The lowest BCUT2D eigenvalue weighted by Crippen LogP contribution is -2.38. The zero-order chi connectivity index (χ0) is 16.3. The maximum atomic E-state index is 13.1. The van der Waals surface area contributed by atoms with E-state index in [1.165, 1.54) is 13.0 Å². The summed E-state index contributed by atoms with van der Waals surface area (Å²) >= 11 is 0. The number of rotatable bonds is 5. The van der Waals surface area contributed by atoms with Gasteiger partial charge in [-0.15, -0.1) is 0 Å². The second-order valence-electron chi connectivity index (χ2n) is 5.15. The number of ketones is 1. The molecule has 2 rings (SSSR count). The molecular weight excluding hydrogens is 313 g/mol. The number of hydrogen-bond donors (Lipinski definition) is 1. The molecule has 1 aliphatic rings. The number of halogens is 1. The van der Waals surface area contributed by atoms with E-state index in [4.69, 9.17) is 4.74 Å². The fraction of sp³-hybridized carbons (Fsp3) is 0.429. The van der Waals surface area contributed by atoms with Gasteiger partial charge in [0.1, 0.15) is 11.6 Å². The van der Waals surface area contributed by atoms with Crippen LogP contribution in [-0.4, -0.2) is 44.3 Å². The van der Waals surface area contributed by atoms with E-state index in [0.29, 0.717) is 6.42 Å². The normalized spacial score (nSPS) is 19.6. The maximum Gasteiger partial charge on any atom is 0.258 e. The Morgan fingerprint density at radius 2 is 2.14 bits per heavy atom. The maximum absolute atomic E-state index is 13.1. The van der Waals surface area contributed by atoms with Crippen molar-refractivity contribution in [2.24, 2.45) is 0 Å². The number of Topliss-reactive ketones (excluding diaryl/α,β-unsaturated/α-hetero) is 1. The second kappa shape index (κ2) is 6.43. The Bertz CT molecular complexity index is 701. The van der Waals surface area contributed by atoms with Crippen LogP contribution < -0.4 is 10.1 Å². The standard InChI is InChI=1S/C14H16FNO5S/c1-9(17)12-6-10(15)2-3-13(12)21-7-14(18)16-11-4-5-22(19,20)8-11/h2-3,6,11H,4-5,7-8H2,1H3,(H,16,18)/t11-/m0/s1. The van der Waals surface area contributed by atoms with E-state index < -0.39 is 27.6 Å². The fourth-order valence-electron chi connectivity index (χ4n) is 2.22. The summed E-state index contributed by atoms with van der Waals surface area (Å²) in [6.45, 7) is 0.896. The van der Waals surface area contributed by atoms with E-state index in [1.54, 1.807) is 0 Å². The van der Waals surface area contributed by atoms with E-state index in [2.05, 4.69) is 5.32 Å². The first-order chi connectivity index (χ1) is 10.3. The molecule has 1 amide bonds. The van der Waals surface area contributed by atoms with Crippen LogP contribution in [0.2, 0.25) is 0 Å². The molecule has 1 N–H and O–H groups in total. The Kier molecular flexibility index (Phi) is 4.80. The van der Waals surface area contributed by atoms with Crippen LogP contribution in [0.5, 0.6) is 5.75 Å². The average molecular weight is 329 g/mol. The highest BCUT2D eigenvalue weighted by Crippen LogP contribution is 2.20. The topological polar surface area (TPSA) is 89.5 Å². The van der Waals surface area contributed by atoms with E-state index in [-0.39, 0.29) is 35.2 Å². The van der Waals surface area contributed by atoms with E-state index in [0.717, 1.165) is 12.1 Å². The summed E-state index contributed by atoms with van der Waals surface area (Å²) in [6.07, 6.45) is 0.378. The Balaban J connectivity index is 1.93. The molecular formula is C14H16FNO5S. The molecule has 0 unspecified atom stereocenters. The van der Waals surface area contributed by atoms with Crippen molar-refractivity contribution in [3.05, 3.63) is 29.6 Å². The van der Waals surface area contributed by atoms with Crippen molar-refractivity contribution in [2.75, 3.05) is 18.1 Å². The van der Waals surface area contributed by atoms with Crippen molar-refractivity contribution in [3.8, 4) is 5.75 Å². The summed E-state index contributed by atoms with van der Waals surface area (Å²) in [6, 6.07) is 3.03. The Morgan fingerprint density at radius 3 is 2.73 bits per heavy atom. The van der Waals surface area contributed by atoms with Crippen LogP contribution in [-0.2, 0) is 14.6 Å². The highest BCUT2D eigenvalue weighted by molar-refractivity contribution is 7.91. The zero-order valence-electron chi connectivity index (χ0n) is 12.0. The summed E-state index contributed by atoms with van der Waals surface area (Å²) in [5.41, 5.74) is 0.0521. The van der Waals surface area contributed by atoms with Crippen LogP contribution >= 0.6 is 0 Å². The highest BCUT2D eigenvalue weighted by atomic mass is 32.2.